The number of nitrogens with one attached hydrogen (secondary N) is 1. The van der Waals surface area contributed by atoms with Crippen LogP contribution in [0.2, 0.25) is 5.02 Å². The van der Waals surface area contributed by atoms with Crippen LogP contribution in [0.5, 0.6) is 0 Å². The van der Waals surface area contributed by atoms with Gasteiger partial charge in [0.25, 0.3) is 0 Å². The van der Waals surface area contributed by atoms with Crippen LogP contribution in [0.4, 0.5) is 13.2 Å². The number of carbonyl (C=O) groups is 2. The van der Waals surface area contributed by atoms with E-state index >= 15 is 0 Å². The minimum atomic E-state index is -5.07. The molecule has 0 aliphatic heterocycles. The van der Waals surface area contributed by atoms with E-state index in [0.29, 0.717) is 12.0 Å². The minimum absolute atomic E-state index is 0.0179. The Labute approximate surface area is 123 Å². The molecule has 1 atom stereocenters. The number of aryl methyl sites for hydroxylation is 1. The van der Waals surface area contributed by atoms with E-state index in [1.807, 2.05) is 0 Å². The van der Waals surface area contributed by atoms with Gasteiger partial charge in [-0.2, -0.15) is 13.2 Å². The van der Waals surface area contributed by atoms with E-state index in [1.54, 1.807) is 17.4 Å². The molecule has 0 bridgehead atoms. The van der Waals surface area contributed by atoms with Gasteiger partial charge in [-0.25, -0.2) is 0 Å². The highest BCUT2D eigenvalue weighted by molar-refractivity contribution is 6.30. The van der Waals surface area contributed by atoms with E-state index in [1.165, 1.54) is 6.07 Å². The molecule has 1 aliphatic carbocycles. The van der Waals surface area contributed by atoms with Crippen molar-refractivity contribution < 1.29 is 27.5 Å². The van der Waals surface area contributed by atoms with Crippen LogP contribution in [0.25, 0.3) is 0 Å². The van der Waals surface area contributed by atoms with Crippen molar-refractivity contribution in [3.05, 3.63) is 34.3 Å². The second-order valence-electron chi connectivity index (χ2n) is 4.67. The molecule has 0 aromatic heterocycles. The van der Waals surface area contributed by atoms with Gasteiger partial charge in [-0.05, 0) is 24.1 Å². The molecule has 2 rings (SSSR count). The summed E-state index contributed by atoms with van der Waals surface area (Å²) in [5.74, 6) is -2.97. The smallest absolute Gasteiger partial charge is 0.435 e. The number of alkyl halides is 3. The third-order valence-corrected chi connectivity index (χ3v) is 3.38. The molecule has 4 nitrogen and oxygen atoms in total. The zero-order chi connectivity index (χ0) is 15.8. The normalized spacial score (nSPS) is 20.8. The van der Waals surface area contributed by atoms with Crippen LogP contribution in [-0.2, 0) is 26.5 Å². The van der Waals surface area contributed by atoms with Gasteiger partial charge in [-0.1, -0.05) is 17.7 Å². The Morgan fingerprint density at radius 2 is 2.05 bits per heavy atom. The highest BCUT2D eigenvalue weighted by atomic mass is 35.5. The van der Waals surface area contributed by atoms with Gasteiger partial charge in [0.05, 0.1) is 0 Å². The Bertz CT molecular complexity index is 603. The molecule has 114 valence electrons. The molecule has 0 saturated carbocycles. The van der Waals surface area contributed by atoms with Crippen molar-refractivity contribution in [2.75, 3.05) is 0 Å². The zero-order valence-electron chi connectivity index (χ0n) is 10.9. The highest BCUT2D eigenvalue weighted by Gasteiger charge is 2.49. The third-order valence-electron chi connectivity index (χ3n) is 3.14. The molecular weight excluding hydrogens is 311 g/mol. The summed E-state index contributed by atoms with van der Waals surface area (Å²) in [6.45, 7) is 1.06. The van der Waals surface area contributed by atoms with E-state index in [0.717, 1.165) is 6.92 Å². The van der Waals surface area contributed by atoms with Crippen molar-refractivity contribution in [2.45, 2.75) is 31.7 Å². The van der Waals surface area contributed by atoms with E-state index in [9.17, 15) is 22.8 Å². The maximum absolute atomic E-state index is 12.5. The van der Waals surface area contributed by atoms with E-state index in [4.69, 9.17) is 16.3 Å². The number of hydrogen-bond acceptors (Lipinski definition) is 3. The lowest BCUT2D eigenvalue weighted by Gasteiger charge is -2.31. The Balaban J connectivity index is 2.44. The van der Waals surface area contributed by atoms with Crippen LogP contribution in [-0.4, -0.2) is 18.1 Å². The van der Waals surface area contributed by atoms with Gasteiger partial charge in [0.15, 0.2) is 0 Å². The van der Waals surface area contributed by atoms with Gasteiger partial charge in [0.1, 0.15) is 0 Å². The Kier molecular flexibility index (Phi) is 3.88. The molecule has 0 fully saturated rings. The number of rotatable bonds is 2. The first-order chi connectivity index (χ1) is 9.64. The molecule has 0 saturated heterocycles. The molecule has 21 heavy (non-hydrogen) atoms. The molecule has 1 N–H and O–H groups in total. The fourth-order valence-electron chi connectivity index (χ4n) is 2.35. The number of benzene rings is 1. The Hall–Kier alpha value is -1.76. The second-order valence-corrected chi connectivity index (χ2v) is 5.11. The molecule has 1 amide bonds. The third kappa shape index (κ3) is 3.12. The number of hydrogen-bond donors (Lipinski definition) is 1. The molecule has 1 unspecified atom stereocenters. The second kappa shape index (κ2) is 5.22. The summed E-state index contributed by atoms with van der Waals surface area (Å²) in [6, 6.07) is 4.60. The first kappa shape index (κ1) is 15.6. The zero-order valence-corrected chi connectivity index (χ0v) is 11.6. The Morgan fingerprint density at radius 3 is 2.62 bits per heavy atom. The van der Waals surface area contributed by atoms with Crippen molar-refractivity contribution in [3.63, 3.8) is 0 Å². The fraction of sp³-hybridized carbons (Fsp3) is 0.385. The first-order valence-corrected chi connectivity index (χ1v) is 6.40. The summed E-state index contributed by atoms with van der Waals surface area (Å²) in [4.78, 5) is 22.5. The SMILES string of the molecule is CC(=O)OC1(NC(=O)C(F)(F)F)CCc2ccc(Cl)cc21. The highest BCUT2D eigenvalue weighted by Crippen LogP contribution is 2.40. The molecule has 8 heteroatoms. The van der Waals surface area contributed by atoms with Crippen molar-refractivity contribution in [3.8, 4) is 0 Å². The van der Waals surface area contributed by atoms with Crippen molar-refractivity contribution >= 4 is 23.5 Å². The van der Waals surface area contributed by atoms with E-state index < -0.39 is 23.8 Å². The van der Waals surface area contributed by atoms with Gasteiger partial charge >= 0.3 is 18.1 Å². The monoisotopic (exact) mass is 321 g/mol. The maximum Gasteiger partial charge on any atom is 0.471 e. The summed E-state index contributed by atoms with van der Waals surface area (Å²) in [5.41, 5.74) is -0.899. The summed E-state index contributed by atoms with van der Waals surface area (Å²) in [6.07, 6.45) is -4.70. The quantitative estimate of drug-likeness (QED) is 0.673. The van der Waals surface area contributed by atoms with Gasteiger partial charge in [-0.3, -0.25) is 9.59 Å². The summed E-state index contributed by atoms with van der Waals surface area (Å²) >= 11 is 5.84. The van der Waals surface area contributed by atoms with Gasteiger partial charge in [-0.15, -0.1) is 0 Å². The maximum atomic E-state index is 12.5. The summed E-state index contributed by atoms with van der Waals surface area (Å²) in [5, 5.41) is 2.05. The number of fused-ring (bicyclic) bond motifs is 1. The van der Waals surface area contributed by atoms with Crippen LogP contribution < -0.4 is 5.32 Å². The molecule has 1 aliphatic rings. The van der Waals surface area contributed by atoms with E-state index in [2.05, 4.69) is 0 Å². The average molecular weight is 322 g/mol. The minimum Gasteiger partial charge on any atom is -0.435 e. The number of amides is 1. The number of halogens is 4. The van der Waals surface area contributed by atoms with Gasteiger partial charge in [0, 0.05) is 23.9 Å². The standard InChI is InChI=1S/C13H11ClF3NO3/c1-7(19)21-12(18-11(20)13(15,16)17)5-4-8-2-3-9(14)6-10(8)12/h2-3,6H,4-5H2,1H3,(H,18,20). The van der Waals surface area contributed by atoms with Crippen LogP contribution >= 0.6 is 11.6 Å². The average Bonchev–Trinajstić information content (AvgIpc) is 2.66. The van der Waals surface area contributed by atoms with Crippen LogP contribution in [0, 0.1) is 0 Å². The largest absolute Gasteiger partial charge is 0.471 e. The van der Waals surface area contributed by atoms with Crippen molar-refractivity contribution in [1.29, 1.82) is 0 Å². The topological polar surface area (TPSA) is 55.4 Å². The number of carbonyl (C=O) groups excluding carboxylic acids is 2. The number of ether oxygens (including phenoxy) is 1. The van der Waals surface area contributed by atoms with Crippen molar-refractivity contribution in [1.82, 2.24) is 5.32 Å². The lowest BCUT2D eigenvalue weighted by molar-refractivity contribution is -0.188. The molecule has 1 aromatic rings. The van der Waals surface area contributed by atoms with E-state index in [-0.39, 0.29) is 17.0 Å². The lowest BCUT2D eigenvalue weighted by atomic mass is 10.0. The van der Waals surface area contributed by atoms with Gasteiger partial charge < -0.3 is 10.1 Å². The summed E-state index contributed by atoms with van der Waals surface area (Å²) < 4.78 is 42.5. The van der Waals surface area contributed by atoms with Crippen molar-refractivity contribution in [2.24, 2.45) is 0 Å². The Morgan fingerprint density at radius 1 is 1.38 bits per heavy atom. The molecule has 0 heterocycles. The molecule has 1 aromatic carbocycles. The summed E-state index contributed by atoms with van der Waals surface area (Å²) in [7, 11) is 0. The van der Waals surface area contributed by atoms with Crippen LogP contribution in [0.3, 0.4) is 0 Å². The molecule has 0 spiro atoms. The lowest BCUT2D eigenvalue weighted by Crippen LogP contribution is -2.51. The fourth-order valence-corrected chi connectivity index (χ4v) is 2.52. The predicted molar refractivity (Wildman–Crippen MR) is 67.4 cm³/mol. The first-order valence-electron chi connectivity index (χ1n) is 6.02. The van der Waals surface area contributed by atoms with Crippen LogP contribution in [0.15, 0.2) is 18.2 Å². The predicted octanol–water partition coefficient (Wildman–Crippen LogP) is 2.68. The molecule has 0 radical (unpaired) electrons. The van der Waals surface area contributed by atoms with Crippen LogP contribution in [0.1, 0.15) is 24.5 Å². The molecular formula is C13H11ClF3NO3. The number of esters is 1. The van der Waals surface area contributed by atoms with Gasteiger partial charge in [0.2, 0.25) is 5.72 Å².